The number of aliphatic carboxylic acids is 3. The summed E-state index contributed by atoms with van der Waals surface area (Å²) in [6, 6.07) is 18.9. The number of para-hydroxylation sites is 2. The Morgan fingerprint density at radius 2 is 0.746 bits per heavy atom. The first kappa shape index (κ1) is 99.2. The molecule has 6 aromatic rings. The van der Waals surface area contributed by atoms with Gasteiger partial charge in [0.05, 0.1) is 52.1 Å². The quantitative estimate of drug-likeness (QED) is 0.00963. The number of carboxylic acids is 3. The minimum atomic E-state index is -1.86. The summed E-state index contributed by atoms with van der Waals surface area (Å²) in [5.74, 6) is -16.5. The van der Waals surface area contributed by atoms with Crippen LogP contribution in [0.15, 0.2) is 122 Å². The molecule has 8 atom stereocenters. The van der Waals surface area contributed by atoms with E-state index >= 15 is 0 Å². The number of carbonyl (C=O) groups is 17. The number of guanidine groups is 1. The fraction of sp³-hybridized carbons (Fsp3) is 0.446. The average molecular weight is 1750 g/mol. The SMILES string of the molecule is C[C@@H](NC(=O)CCCCCNC(=O)CN1CCN(CC(=O)O)CCN(CC(=O)O)CCN(CC(=O)O)CC1)C(=O)N[C@@H](CC(N)=O)C(=O)N[C@@H](Cc1c[nH]c2ccccc12)C(=O)N[C@@H](CC(N)=O)C(=O)NCC(=O)N[C@@H](Cc1ccccc1)C(=O)NCC(=O)N[C@H](Cc1c[nH]c2ccccc12)C(=O)N[C@@H](CCCNC(=N)N)C(=O)N[C@@H](Cc1ccccc1)C(N)=O. The Bertz CT molecular complexity index is 4750. The standard InChI is InChI=1S/C83H113N23O20/c1-50(95-68(109)25-9-4-14-26-89-71(112)46-103-28-30-104(47-72(113)114)32-34-106(49-74(117)118)35-33-105(31-29-103)48-73(115)116)76(120)100-65(41-67(85)108)82(126)101-63(39-54-43-92-58-23-13-11-21-56(54)58)81(125)102-64(40-66(84)107)78(122)94-44-69(110)96-61(37-52-18-7-3-8-19-52)77(121)93-45-70(111)97-62(38-53-42-91-57-22-12-10-20-55(53)57)80(124)98-59(24-15-27-90-83(87)88)79(123)99-60(75(86)119)36-51-16-5-2-6-17-51/h2-3,5-8,10-13,16-23,42-43,50,59-65,91-92H,4,9,14-15,24-41,44-49H2,1H3,(H2,84,107)(H2,85,108)(H2,86,119)(H,89,112)(H,93,121)(H,94,122)(H,95,109)(H,96,110)(H,97,111)(H,98,124)(H,99,123)(H,100,120)(H,101,126)(H,102,125)(H,113,114)(H,115,116)(H,117,118)(H4,87,88,90)/t50-,59+,60+,61+,62-,63+,64+,65+/m1/s1. The molecule has 0 unspecified atom stereocenters. The van der Waals surface area contributed by atoms with Crippen LogP contribution in [0.2, 0.25) is 0 Å². The van der Waals surface area contributed by atoms with Gasteiger partial charge in [-0.25, -0.2) is 0 Å². The number of rotatable bonds is 50. The molecule has 1 saturated heterocycles. The van der Waals surface area contributed by atoms with Crippen molar-refractivity contribution in [3.63, 3.8) is 0 Å². The van der Waals surface area contributed by atoms with Gasteiger partial charge in [-0.3, -0.25) is 107 Å². The molecule has 43 heteroatoms. The molecule has 26 N–H and O–H groups in total. The smallest absolute Gasteiger partial charge is 0.317 e. The molecule has 126 heavy (non-hydrogen) atoms. The lowest BCUT2D eigenvalue weighted by Crippen LogP contribution is -2.59. The number of aromatic amines is 2. The van der Waals surface area contributed by atoms with Crippen LogP contribution in [0.5, 0.6) is 0 Å². The molecular weight excluding hydrogens is 1640 g/mol. The topological polar surface area (TPSA) is 668 Å². The lowest BCUT2D eigenvalue weighted by atomic mass is 10.0. The number of amides is 14. The number of carboxylic acid groups (broad SMARTS) is 3. The molecule has 4 aromatic carbocycles. The first-order chi connectivity index (χ1) is 60.1. The third-order valence-electron chi connectivity index (χ3n) is 20.4. The van der Waals surface area contributed by atoms with Gasteiger partial charge in [-0.2, -0.15) is 0 Å². The van der Waals surface area contributed by atoms with Gasteiger partial charge in [-0.05, 0) is 67.0 Å². The van der Waals surface area contributed by atoms with Crippen molar-refractivity contribution < 1.29 is 96.8 Å². The second kappa shape index (κ2) is 51.2. The summed E-state index contributed by atoms with van der Waals surface area (Å²) in [4.78, 5) is 240. The van der Waals surface area contributed by atoms with Crippen LogP contribution in [0.3, 0.4) is 0 Å². The summed E-state index contributed by atoms with van der Waals surface area (Å²) in [6.45, 7) is 0.489. The molecule has 680 valence electrons. The molecule has 7 rings (SSSR count). The predicted octanol–water partition coefficient (Wildman–Crippen LogP) is -5.30. The maximum absolute atomic E-state index is 14.6. The molecule has 43 nitrogen and oxygen atoms in total. The minimum Gasteiger partial charge on any atom is -0.480 e. The van der Waals surface area contributed by atoms with Crippen LogP contribution in [0, 0.1) is 5.41 Å². The van der Waals surface area contributed by atoms with Gasteiger partial charge in [0.1, 0.15) is 48.3 Å². The van der Waals surface area contributed by atoms with Gasteiger partial charge < -0.3 is 112 Å². The number of fused-ring (bicyclic) bond motifs is 2. The summed E-state index contributed by atoms with van der Waals surface area (Å²) in [5, 5.41) is 68.1. The number of hydrogen-bond donors (Lipinski definition) is 22. The van der Waals surface area contributed by atoms with E-state index in [0.29, 0.717) is 63.3 Å². The zero-order chi connectivity index (χ0) is 91.8. The molecule has 14 amide bonds. The monoisotopic (exact) mass is 1750 g/mol. The largest absolute Gasteiger partial charge is 0.480 e. The molecule has 1 aliphatic rings. The molecule has 0 bridgehead atoms. The number of nitrogens with zero attached hydrogens (tertiary/aromatic N) is 4. The van der Waals surface area contributed by atoms with E-state index in [-0.39, 0.29) is 148 Å². The second-order valence-corrected chi connectivity index (χ2v) is 30.4. The Labute approximate surface area is 724 Å². The number of nitrogens with one attached hydrogen (secondary N) is 15. The highest BCUT2D eigenvalue weighted by molar-refractivity contribution is 6.01. The summed E-state index contributed by atoms with van der Waals surface area (Å²) in [5.41, 5.74) is 25.9. The average Bonchev–Trinajstić information content (AvgIpc) is 1.67. The molecule has 0 radical (unpaired) electrons. The van der Waals surface area contributed by atoms with Crippen molar-refractivity contribution in [2.24, 2.45) is 22.9 Å². The molecule has 0 aliphatic carbocycles. The Hall–Kier alpha value is -13.9. The number of carbonyl (C=O) groups excluding carboxylic acids is 14. The zero-order valence-electron chi connectivity index (χ0n) is 69.8. The van der Waals surface area contributed by atoms with Crippen molar-refractivity contribution in [3.8, 4) is 0 Å². The first-order valence-electron chi connectivity index (χ1n) is 41.0. The van der Waals surface area contributed by atoms with Crippen LogP contribution < -0.4 is 86.7 Å². The maximum atomic E-state index is 14.6. The van der Waals surface area contributed by atoms with Crippen LogP contribution >= 0.6 is 0 Å². The van der Waals surface area contributed by atoms with Gasteiger partial charge >= 0.3 is 17.9 Å². The Morgan fingerprint density at radius 1 is 0.373 bits per heavy atom. The fourth-order valence-electron chi connectivity index (χ4n) is 13.9. The Kier molecular flexibility index (Phi) is 40.3. The number of aromatic nitrogens is 2. The second-order valence-electron chi connectivity index (χ2n) is 30.4. The third kappa shape index (κ3) is 35.5. The first-order valence-corrected chi connectivity index (χ1v) is 41.0. The van der Waals surface area contributed by atoms with E-state index in [4.69, 9.17) is 28.3 Å². The molecule has 2 aromatic heterocycles. The van der Waals surface area contributed by atoms with E-state index in [1.165, 1.54) is 13.1 Å². The van der Waals surface area contributed by atoms with Crippen LogP contribution in [0.4, 0.5) is 0 Å². The van der Waals surface area contributed by atoms with E-state index < -0.39 is 169 Å². The minimum absolute atomic E-state index is 0.0157. The van der Waals surface area contributed by atoms with E-state index in [2.05, 4.69) is 73.8 Å². The molecule has 1 fully saturated rings. The highest BCUT2D eigenvalue weighted by atomic mass is 16.4. The van der Waals surface area contributed by atoms with Crippen molar-refractivity contribution in [3.05, 3.63) is 144 Å². The fourth-order valence-corrected chi connectivity index (χ4v) is 13.9. The number of H-pyrrole nitrogens is 2. The number of unbranched alkanes of at least 4 members (excludes halogenated alkanes) is 2. The highest BCUT2D eigenvalue weighted by Gasteiger charge is 2.36. The van der Waals surface area contributed by atoms with Crippen molar-refractivity contribution in [2.75, 3.05) is 105 Å². The molecule has 0 saturated carbocycles. The Morgan fingerprint density at radius 3 is 1.21 bits per heavy atom. The van der Waals surface area contributed by atoms with Crippen molar-refractivity contribution in [1.29, 1.82) is 5.41 Å². The summed E-state index contributed by atoms with van der Waals surface area (Å²) < 4.78 is 0. The van der Waals surface area contributed by atoms with Crippen molar-refractivity contribution in [1.82, 2.24) is 93.4 Å². The molecule has 1 aliphatic heterocycles. The number of nitrogens with two attached hydrogens (primary N) is 4. The van der Waals surface area contributed by atoms with Gasteiger partial charge in [0.25, 0.3) is 0 Å². The molecule has 0 spiro atoms. The zero-order valence-corrected chi connectivity index (χ0v) is 69.8. The van der Waals surface area contributed by atoms with Gasteiger partial charge in [-0.1, -0.05) is 103 Å². The van der Waals surface area contributed by atoms with E-state index in [1.807, 2.05) is 0 Å². The van der Waals surface area contributed by atoms with E-state index in [0.717, 1.165) is 0 Å². The normalized spacial score (nSPS) is 14.9. The number of benzene rings is 4. The highest BCUT2D eigenvalue weighted by Crippen LogP contribution is 2.22. The lowest BCUT2D eigenvalue weighted by molar-refractivity contribution is -0.140. The van der Waals surface area contributed by atoms with Crippen LogP contribution in [0.25, 0.3) is 21.8 Å². The lowest BCUT2D eigenvalue weighted by Gasteiger charge is -2.32. The van der Waals surface area contributed by atoms with Crippen LogP contribution in [-0.2, 0) is 107 Å². The van der Waals surface area contributed by atoms with Gasteiger partial charge in [0, 0.05) is 132 Å². The van der Waals surface area contributed by atoms with E-state index in [1.54, 1.807) is 135 Å². The molecule has 3 heterocycles. The number of hydrogen-bond acceptors (Lipinski definition) is 22. The summed E-state index contributed by atoms with van der Waals surface area (Å²) in [7, 11) is 0. The van der Waals surface area contributed by atoms with Crippen molar-refractivity contribution >= 4 is 128 Å². The maximum Gasteiger partial charge on any atom is 0.317 e. The third-order valence-corrected chi connectivity index (χ3v) is 20.4. The van der Waals surface area contributed by atoms with Crippen LogP contribution in [-0.4, -0.2) is 305 Å². The van der Waals surface area contributed by atoms with Gasteiger partial charge in [-0.15, -0.1) is 0 Å². The summed E-state index contributed by atoms with van der Waals surface area (Å²) >= 11 is 0. The summed E-state index contributed by atoms with van der Waals surface area (Å²) in [6.07, 6.45) is 1.94. The van der Waals surface area contributed by atoms with Gasteiger partial charge in [0.2, 0.25) is 82.7 Å². The van der Waals surface area contributed by atoms with Crippen LogP contribution in [0.1, 0.15) is 80.5 Å². The molecular formula is C83H113N23O20. The van der Waals surface area contributed by atoms with E-state index in [9.17, 15) is 96.8 Å². The Balaban J connectivity index is 0.956. The predicted molar refractivity (Wildman–Crippen MR) is 458 cm³/mol. The number of primary amides is 3. The van der Waals surface area contributed by atoms with Crippen molar-refractivity contribution in [2.45, 2.75) is 132 Å². The van der Waals surface area contributed by atoms with Gasteiger partial charge in [0.15, 0.2) is 5.96 Å².